The van der Waals surface area contributed by atoms with Gasteiger partial charge in [0.2, 0.25) is 5.89 Å². The minimum Gasteiger partial charge on any atom is -0.507 e. The second-order valence-corrected chi connectivity index (χ2v) is 5.90. The summed E-state index contributed by atoms with van der Waals surface area (Å²) < 4.78 is 5.54. The number of hydrogen-bond acceptors (Lipinski definition) is 6. The largest absolute Gasteiger partial charge is 0.507 e. The highest BCUT2D eigenvalue weighted by Gasteiger charge is 2.15. The second-order valence-electron chi connectivity index (χ2n) is 4.97. The Morgan fingerprint density at radius 2 is 1.96 bits per heavy atom. The number of phenols is 1. The van der Waals surface area contributed by atoms with Crippen molar-refractivity contribution in [3.63, 3.8) is 0 Å². The first-order valence-corrected chi connectivity index (χ1v) is 7.96. The van der Waals surface area contributed by atoms with E-state index in [1.165, 1.54) is 6.07 Å². The number of thioether (sulfide) groups is 1. The maximum atomic E-state index is 12.2. The van der Waals surface area contributed by atoms with Crippen molar-refractivity contribution in [3.05, 3.63) is 59.7 Å². The molecular formula is C17H14N2O3S. The summed E-state index contributed by atoms with van der Waals surface area (Å²) in [5.74, 6) is 0.333. The minimum atomic E-state index is -0.185. The molecule has 2 aromatic carbocycles. The molecule has 0 aliphatic heterocycles. The molecule has 0 bridgehead atoms. The highest BCUT2D eigenvalue weighted by molar-refractivity contribution is 7.99. The summed E-state index contributed by atoms with van der Waals surface area (Å²) in [5.41, 5.74) is 2.05. The zero-order valence-electron chi connectivity index (χ0n) is 12.4. The Morgan fingerprint density at radius 3 is 2.74 bits per heavy atom. The molecule has 0 saturated heterocycles. The van der Waals surface area contributed by atoms with Crippen LogP contribution in [0.4, 0.5) is 0 Å². The van der Waals surface area contributed by atoms with Crippen LogP contribution in [0.25, 0.3) is 11.5 Å². The van der Waals surface area contributed by atoms with E-state index < -0.39 is 0 Å². The zero-order valence-corrected chi connectivity index (χ0v) is 13.2. The smallest absolute Gasteiger partial charge is 0.277 e. The Hall–Kier alpha value is -2.60. The summed E-state index contributed by atoms with van der Waals surface area (Å²) in [6.07, 6.45) is 0. The van der Waals surface area contributed by atoms with Gasteiger partial charge in [0.25, 0.3) is 5.22 Å². The number of carbonyl (C=O) groups is 1. The van der Waals surface area contributed by atoms with Crippen molar-refractivity contribution in [3.8, 4) is 17.2 Å². The fourth-order valence-corrected chi connectivity index (χ4v) is 2.69. The predicted octanol–water partition coefficient (Wildman–Crippen LogP) is 3.73. The topological polar surface area (TPSA) is 76.2 Å². The Labute approximate surface area is 137 Å². The molecule has 5 nitrogen and oxygen atoms in total. The third-order valence-corrected chi connectivity index (χ3v) is 4.02. The van der Waals surface area contributed by atoms with Gasteiger partial charge < -0.3 is 9.52 Å². The van der Waals surface area contributed by atoms with Crippen LogP contribution in [-0.2, 0) is 0 Å². The van der Waals surface area contributed by atoms with Gasteiger partial charge in [-0.15, -0.1) is 10.2 Å². The van der Waals surface area contributed by atoms with Gasteiger partial charge in [-0.2, -0.15) is 0 Å². The van der Waals surface area contributed by atoms with Crippen molar-refractivity contribution in [2.24, 2.45) is 0 Å². The number of rotatable bonds is 5. The van der Waals surface area contributed by atoms with Crippen molar-refractivity contribution in [1.29, 1.82) is 0 Å². The van der Waals surface area contributed by atoms with Crippen LogP contribution >= 0.6 is 11.8 Å². The third kappa shape index (κ3) is 3.60. The SMILES string of the molecule is Cc1ccc(O)c(C(=O)CSc2nnc(-c3ccccc3)o2)c1. The molecule has 0 radical (unpaired) electrons. The molecule has 6 heteroatoms. The number of Topliss-reactive ketones (excluding diaryl/α,β-unsaturated/α-hetero) is 1. The van der Waals surface area contributed by atoms with Crippen LogP contribution in [0.5, 0.6) is 5.75 Å². The normalized spacial score (nSPS) is 10.7. The van der Waals surface area contributed by atoms with Gasteiger partial charge in [0, 0.05) is 5.56 Å². The van der Waals surface area contributed by atoms with Gasteiger partial charge in [0.15, 0.2) is 5.78 Å². The zero-order chi connectivity index (χ0) is 16.2. The van der Waals surface area contributed by atoms with Crippen LogP contribution in [0.3, 0.4) is 0 Å². The summed E-state index contributed by atoms with van der Waals surface area (Å²) >= 11 is 1.15. The number of carbonyl (C=O) groups excluding carboxylic acids is 1. The fraction of sp³-hybridized carbons (Fsp3) is 0.118. The molecule has 116 valence electrons. The maximum absolute atomic E-state index is 12.2. The van der Waals surface area contributed by atoms with Crippen LogP contribution in [0.2, 0.25) is 0 Å². The van der Waals surface area contributed by atoms with E-state index in [0.29, 0.717) is 16.7 Å². The van der Waals surface area contributed by atoms with Crippen molar-refractivity contribution >= 4 is 17.5 Å². The van der Waals surface area contributed by atoms with Crippen LogP contribution in [0.15, 0.2) is 58.2 Å². The Morgan fingerprint density at radius 1 is 1.17 bits per heavy atom. The Balaban J connectivity index is 1.68. The second kappa shape index (κ2) is 6.66. The first-order valence-electron chi connectivity index (χ1n) is 6.98. The van der Waals surface area contributed by atoms with Crippen molar-refractivity contribution in [2.45, 2.75) is 12.1 Å². The molecule has 0 aliphatic rings. The molecule has 0 amide bonds. The predicted molar refractivity (Wildman–Crippen MR) is 87.6 cm³/mol. The fourth-order valence-electron chi connectivity index (χ4n) is 2.04. The van der Waals surface area contributed by atoms with Gasteiger partial charge in [-0.25, -0.2) is 0 Å². The average molecular weight is 326 g/mol. The molecule has 1 heterocycles. The number of hydrogen-bond donors (Lipinski definition) is 1. The molecule has 0 saturated carbocycles. The quantitative estimate of drug-likeness (QED) is 0.569. The number of aryl methyl sites for hydroxylation is 1. The maximum Gasteiger partial charge on any atom is 0.277 e. The van der Waals surface area contributed by atoms with E-state index in [1.54, 1.807) is 12.1 Å². The van der Waals surface area contributed by atoms with Gasteiger partial charge in [-0.1, -0.05) is 41.6 Å². The Bertz CT molecular complexity index is 831. The molecule has 0 unspecified atom stereocenters. The van der Waals surface area contributed by atoms with Gasteiger partial charge in [-0.3, -0.25) is 4.79 Å². The lowest BCUT2D eigenvalue weighted by atomic mass is 10.1. The molecule has 0 spiro atoms. The lowest BCUT2D eigenvalue weighted by Crippen LogP contribution is -2.03. The Kier molecular flexibility index (Phi) is 4.43. The first-order chi connectivity index (χ1) is 11.1. The van der Waals surface area contributed by atoms with E-state index >= 15 is 0 Å². The molecule has 23 heavy (non-hydrogen) atoms. The number of nitrogens with zero attached hydrogens (tertiary/aromatic N) is 2. The number of ketones is 1. The minimum absolute atomic E-state index is 0.0169. The molecule has 3 aromatic rings. The van der Waals surface area contributed by atoms with E-state index in [0.717, 1.165) is 22.9 Å². The molecule has 0 fully saturated rings. The molecule has 1 N–H and O–H groups in total. The first kappa shape index (κ1) is 15.3. The number of benzene rings is 2. The monoisotopic (exact) mass is 326 g/mol. The van der Waals surface area contributed by atoms with Gasteiger partial charge in [0.05, 0.1) is 11.3 Å². The number of phenolic OH excluding ortho intramolecular Hbond substituents is 1. The lowest BCUT2D eigenvalue weighted by molar-refractivity contribution is 0.101. The van der Waals surface area contributed by atoms with Crippen molar-refractivity contribution < 1.29 is 14.3 Å². The summed E-state index contributed by atoms with van der Waals surface area (Å²) in [5, 5.41) is 18.0. The molecule has 0 atom stereocenters. The van der Waals surface area contributed by atoms with Gasteiger partial charge >= 0.3 is 0 Å². The highest BCUT2D eigenvalue weighted by Crippen LogP contribution is 2.25. The summed E-state index contributed by atoms with van der Waals surface area (Å²) in [4.78, 5) is 12.2. The van der Waals surface area contributed by atoms with Crippen molar-refractivity contribution in [1.82, 2.24) is 10.2 Å². The van der Waals surface area contributed by atoms with Gasteiger partial charge in [-0.05, 0) is 31.2 Å². The summed E-state index contributed by atoms with van der Waals surface area (Å²) in [6, 6.07) is 14.4. The third-order valence-electron chi connectivity index (χ3n) is 3.21. The van der Waals surface area contributed by atoms with E-state index in [2.05, 4.69) is 10.2 Å². The van der Waals surface area contributed by atoms with E-state index in [-0.39, 0.29) is 17.3 Å². The van der Waals surface area contributed by atoms with Crippen LogP contribution in [0.1, 0.15) is 15.9 Å². The summed E-state index contributed by atoms with van der Waals surface area (Å²) in [7, 11) is 0. The summed E-state index contributed by atoms with van der Waals surface area (Å²) in [6.45, 7) is 1.87. The lowest BCUT2D eigenvalue weighted by Gasteiger charge is -2.03. The average Bonchev–Trinajstić information content (AvgIpc) is 3.05. The number of aromatic nitrogens is 2. The molecule has 3 rings (SSSR count). The van der Waals surface area contributed by atoms with Crippen molar-refractivity contribution in [2.75, 3.05) is 5.75 Å². The standard InChI is InChI=1S/C17H14N2O3S/c1-11-7-8-14(20)13(9-11)15(21)10-23-17-19-18-16(22-17)12-5-3-2-4-6-12/h2-9,20H,10H2,1H3. The van der Waals surface area contributed by atoms with E-state index in [4.69, 9.17) is 4.42 Å². The van der Waals surface area contributed by atoms with Crippen LogP contribution < -0.4 is 0 Å². The molecule has 0 aliphatic carbocycles. The van der Waals surface area contributed by atoms with Gasteiger partial charge in [0.1, 0.15) is 5.75 Å². The van der Waals surface area contributed by atoms with Crippen LogP contribution in [-0.4, -0.2) is 26.8 Å². The number of aromatic hydroxyl groups is 1. The highest BCUT2D eigenvalue weighted by atomic mass is 32.2. The van der Waals surface area contributed by atoms with Crippen LogP contribution in [0, 0.1) is 6.92 Å². The van der Waals surface area contributed by atoms with E-state index in [1.807, 2.05) is 37.3 Å². The molecule has 1 aromatic heterocycles. The molecular weight excluding hydrogens is 312 g/mol. The van der Waals surface area contributed by atoms with E-state index in [9.17, 15) is 9.90 Å².